The molecule has 0 unspecified atom stereocenters. The number of carbonyl (C=O) groups excluding carboxylic acids is 1. The molecule has 1 aliphatic rings. The molecule has 2 aromatic rings. The first kappa shape index (κ1) is 15.7. The third kappa shape index (κ3) is 3.12. The van der Waals surface area contributed by atoms with Gasteiger partial charge in [0.05, 0.1) is 7.11 Å². The van der Waals surface area contributed by atoms with Crippen LogP contribution in [-0.4, -0.2) is 30.1 Å². The van der Waals surface area contributed by atoms with E-state index in [9.17, 15) is 9.18 Å². The van der Waals surface area contributed by atoms with Gasteiger partial charge in [-0.1, -0.05) is 11.6 Å². The Morgan fingerprint density at radius 2 is 1.96 bits per heavy atom. The van der Waals surface area contributed by atoms with Crippen molar-refractivity contribution in [2.24, 2.45) is 0 Å². The molecule has 7 heteroatoms. The topological polar surface area (TPSA) is 55.3 Å². The first-order valence-corrected chi connectivity index (χ1v) is 7.54. The summed E-state index contributed by atoms with van der Waals surface area (Å²) in [6, 6.07) is 5.93. The highest BCUT2D eigenvalue weighted by Crippen LogP contribution is 2.41. The number of carbonyl (C=O) groups is 1. The van der Waals surface area contributed by atoms with E-state index in [1.807, 2.05) is 0 Å². The van der Waals surface area contributed by atoms with Crippen LogP contribution < -0.4 is 4.90 Å². The fourth-order valence-corrected chi connectivity index (χ4v) is 2.51. The zero-order valence-corrected chi connectivity index (χ0v) is 13.5. The summed E-state index contributed by atoms with van der Waals surface area (Å²) in [5.41, 5.74) is 0.750. The summed E-state index contributed by atoms with van der Waals surface area (Å²) in [7, 11) is 3.03. The predicted octanol–water partition coefficient (Wildman–Crippen LogP) is 3.70. The van der Waals surface area contributed by atoms with Gasteiger partial charge in [-0.25, -0.2) is 19.2 Å². The maximum atomic E-state index is 13.1. The summed E-state index contributed by atoms with van der Waals surface area (Å²) in [5, 5.41) is 0.119. The maximum Gasteiger partial charge on any atom is 0.358 e. The number of methoxy groups -OCH3 is 1. The molecule has 0 amide bonds. The summed E-state index contributed by atoms with van der Waals surface area (Å²) in [5.74, 6) is 0.295. The lowest BCUT2D eigenvalue weighted by Gasteiger charge is -2.21. The van der Waals surface area contributed by atoms with Crippen LogP contribution in [0, 0.1) is 5.82 Å². The van der Waals surface area contributed by atoms with Crippen LogP contribution in [0.4, 0.5) is 15.9 Å². The molecule has 0 saturated heterocycles. The molecule has 0 N–H and O–H groups in total. The molecule has 0 aliphatic heterocycles. The van der Waals surface area contributed by atoms with Crippen molar-refractivity contribution in [3.8, 4) is 0 Å². The van der Waals surface area contributed by atoms with Crippen molar-refractivity contribution in [2.75, 3.05) is 19.1 Å². The Hall–Kier alpha value is -2.21. The normalized spacial score (nSPS) is 13.7. The first-order valence-electron chi connectivity index (χ1n) is 7.16. The van der Waals surface area contributed by atoms with E-state index in [2.05, 4.69) is 9.97 Å². The molecule has 1 aromatic carbocycles. The highest BCUT2D eigenvalue weighted by molar-refractivity contribution is 6.35. The lowest BCUT2D eigenvalue weighted by atomic mass is 10.2. The molecule has 0 radical (unpaired) electrons. The monoisotopic (exact) mass is 335 g/mol. The third-order valence-corrected chi connectivity index (χ3v) is 4.05. The van der Waals surface area contributed by atoms with Crippen LogP contribution in [0.3, 0.4) is 0 Å². The van der Waals surface area contributed by atoms with Crippen molar-refractivity contribution < 1.29 is 13.9 Å². The van der Waals surface area contributed by atoms with Crippen LogP contribution in [0.15, 0.2) is 24.3 Å². The van der Waals surface area contributed by atoms with Gasteiger partial charge >= 0.3 is 5.97 Å². The first-order chi connectivity index (χ1) is 11.0. The Bertz CT molecular complexity index is 748. The Morgan fingerprint density at radius 1 is 1.30 bits per heavy atom. The number of rotatable bonds is 4. The molecular formula is C16H15ClFN3O2. The van der Waals surface area contributed by atoms with E-state index >= 15 is 0 Å². The molecule has 0 atom stereocenters. The molecule has 1 aromatic heterocycles. The summed E-state index contributed by atoms with van der Waals surface area (Å²) in [6.07, 6.45) is 1.98. The van der Waals surface area contributed by atoms with Crippen LogP contribution in [0.2, 0.25) is 5.02 Å². The Morgan fingerprint density at radius 3 is 2.52 bits per heavy atom. The minimum Gasteiger partial charge on any atom is -0.464 e. The predicted molar refractivity (Wildman–Crippen MR) is 84.8 cm³/mol. The van der Waals surface area contributed by atoms with Gasteiger partial charge in [-0.2, -0.15) is 0 Å². The number of hydrogen-bond acceptors (Lipinski definition) is 5. The number of hydrogen-bond donors (Lipinski definition) is 0. The summed E-state index contributed by atoms with van der Waals surface area (Å²) in [6.45, 7) is 0. The number of aromatic nitrogens is 2. The number of ether oxygens (including phenoxy) is 1. The Balaban J connectivity index is 2.07. The van der Waals surface area contributed by atoms with Gasteiger partial charge < -0.3 is 9.64 Å². The van der Waals surface area contributed by atoms with Gasteiger partial charge in [-0.3, -0.25) is 0 Å². The van der Waals surface area contributed by atoms with E-state index in [1.54, 1.807) is 24.1 Å². The van der Waals surface area contributed by atoms with Crippen molar-refractivity contribution in [1.82, 2.24) is 9.97 Å². The van der Waals surface area contributed by atoms with Crippen molar-refractivity contribution in [2.45, 2.75) is 18.8 Å². The van der Waals surface area contributed by atoms with E-state index < -0.39 is 5.97 Å². The molecule has 0 bridgehead atoms. The number of nitrogens with zero attached hydrogens (tertiary/aromatic N) is 3. The number of halogens is 2. The summed E-state index contributed by atoms with van der Waals surface area (Å²) in [4.78, 5) is 22.4. The number of benzene rings is 1. The SMILES string of the molecule is COC(=O)c1nc(C2CC2)nc(N(C)c2ccc(F)cc2)c1Cl. The van der Waals surface area contributed by atoms with Gasteiger partial charge in [-0.05, 0) is 37.1 Å². The number of anilines is 2. The second-order valence-electron chi connectivity index (χ2n) is 5.37. The fourth-order valence-electron chi connectivity index (χ4n) is 2.22. The standard InChI is InChI=1S/C16H15ClFN3O2/c1-21(11-7-5-10(18)6-8-11)15-12(17)13(16(22)23-2)19-14(20-15)9-3-4-9/h5-9H,3-4H2,1-2H3. The highest BCUT2D eigenvalue weighted by atomic mass is 35.5. The van der Waals surface area contributed by atoms with Crippen LogP contribution >= 0.6 is 11.6 Å². The van der Waals surface area contributed by atoms with E-state index in [1.165, 1.54) is 19.2 Å². The Kier molecular flexibility index (Phi) is 4.17. The third-order valence-electron chi connectivity index (χ3n) is 3.70. The zero-order chi connectivity index (χ0) is 16.6. The molecule has 5 nitrogen and oxygen atoms in total. The van der Waals surface area contributed by atoms with Crippen LogP contribution in [0.1, 0.15) is 35.1 Å². The number of esters is 1. The van der Waals surface area contributed by atoms with Gasteiger partial charge in [0.2, 0.25) is 0 Å². The molecule has 120 valence electrons. The lowest BCUT2D eigenvalue weighted by Crippen LogP contribution is -2.17. The lowest BCUT2D eigenvalue weighted by molar-refractivity contribution is 0.0593. The van der Waals surface area contributed by atoms with Gasteiger partial charge in [0.1, 0.15) is 16.7 Å². The molecular weight excluding hydrogens is 321 g/mol. The summed E-state index contributed by atoms with van der Waals surface area (Å²) >= 11 is 6.31. The van der Waals surface area contributed by atoms with E-state index in [-0.39, 0.29) is 22.5 Å². The average molecular weight is 336 g/mol. The minimum absolute atomic E-state index is 0.0510. The molecule has 23 heavy (non-hydrogen) atoms. The van der Waals surface area contributed by atoms with E-state index in [4.69, 9.17) is 16.3 Å². The average Bonchev–Trinajstić information content (AvgIpc) is 3.39. The van der Waals surface area contributed by atoms with Crippen molar-refractivity contribution >= 4 is 29.1 Å². The maximum absolute atomic E-state index is 13.1. The smallest absolute Gasteiger partial charge is 0.358 e. The summed E-state index contributed by atoms with van der Waals surface area (Å²) < 4.78 is 17.8. The van der Waals surface area contributed by atoms with Crippen molar-refractivity contribution in [1.29, 1.82) is 0 Å². The molecule has 1 saturated carbocycles. The molecule has 1 heterocycles. The minimum atomic E-state index is -0.604. The van der Waals surface area contributed by atoms with Crippen molar-refractivity contribution in [3.63, 3.8) is 0 Å². The molecule has 1 aliphatic carbocycles. The molecule has 1 fully saturated rings. The van der Waals surface area contributed by atoms with Gasteiger partial charge in [-0.15, -0.1) is 0 Å². The van der Waals surface area contributed by atoms with Gasteiger partial charge in [0.25, 0.3) is 0 Å². The van der Waals surface area contributed by atoms with Gasteiger partial charge in [0.15, 0.2) is 11.5 Å². The quantitative estimate of drug-likeness (QED) is 0.797. The second-order valence-corrected chi connectivity index (χ2v) is 5.75. The highest BCUT2D eigenvalue weighted by Gasteiger charge is 2.31. The molecule has 0 spiro atoms. The van der Waals surface area contributed by atoms with E-state index in [0.29, 0.717) is 17.3 Å². The zero-order valence-electron chi connectivity index (χ0n) is 12.7. The van der Waals surface area contributed by atoms with Crippen LogP contribution in [0.25, 0.3) is 0 Å². The largest absolute Gasteiger partial charge is 0.464 e. The fraction of sp³-hybridized carbons (Fsp3) is 0.312. The Labute approximate surface area is 138 Å². The molecule has 3 rings (SSSR count). The van der Waals surface area contributed by atoms with E-state index in [0.717, 1.165) is 12.8 Å². The van der Waals surface area contributed by atoms with Crippen molar-refractivity contribution in [3.05, 3.63) is 46.6 Å². The van der Waals surface area contributed by atoms with Gasteiger partial charge in [0, 0.05) is 18.7 Å². The van der Waals surface area contributed by atoms with Crippen LogP contribution in [0.5, 0.6) is 0 Å². The van der Waals surface area contributed by atoms with Crippen LogP contribution in [-0.2, 0) is 4.74 Å². The second kappa shape index (κ2) is 6.12.